The lowest BCUT2D eigenvalue weighted by molar-refractivity contribution is 0.0726. The summed E-state index contributed by atoms with van der Waals surface area (Å²) in [5, 5.41) is 8.18. The smallest absolute Gasteiger partial charge is 0.344 e. The minimum atomic E-state index is -0.462. The Bertz CT molecular complexity index is 875. The highest BCUT2D eigenvalue weighted by molar-refractivity contribution is 9.10. The molecule has 3 rings (SSSR count). The maximum atomic E-state index is 12.1. The van der Waals surface area contributed by atoms with Crippen LogP contribution >= 0.6 is 15.9 Å². The van der Waals surface area contributed by atoms with Crippen LogP contribution < -0.4 is 4.74 Å². The molecule has 0 amide bonds. The van der Waals surface area contributed by atoms with Crippen LogP contribution in [0.25, 0.3) is 11.3 Å². The third-order valence-corrected chi connectivity index (χ3v) is 4.11. The number of carbonyl (C=O) groups excluding carboxylic acids is 1. The number of ether oxygens (including phenoxy) is 1. The summed E-state index contributed by atoms with van der Waals surface area (Å²) in [7, 11) is 0. The van der Waals surface area contributed by atoms with E-state index in [-0.39, 0.29) is 5.88 Å². The van der Waals surface area contributed by atoms with Gasteiger partial charge in [-0.15, -0.1) is 10.2 Å². The maximum Gasteiger partial charge on any atom is 0.344 e. The summed E-state index contributed by atoms with van der Waals surface area (Å²) in [6, 6.07) is 16.6. The number of aryl methyl sites for hydroxylation is 2. The Morgan fingerprint density at radius 3 is 2.38 bits per heavy atom. The highest BCUT2D eigenvalue weighted by atomic mass is 79.9. The molecule has 1 aromatic heterocycles. The summed E-state index contributed by atoms with van der Waals surface area (Å²) in [6.07, 6.45) is 0. The first kappa shape index (κ1) is 16.3. The van der Waals surface area contributed by atoms with E-state index in [4.69, 9.17) is 4.74 Å². The highest BCUT2D eigenvalue weighted by Gasteiger charge is 2.11. The molecule has 0 aliphatic rings. The maximum absolute atomic E-state index is 12.1. The zero-order valence-corrected chi connectivity index (χ0v) is 14.9. The molecule has 4 nitrogen and oxygen atoms in total. The molecule has 0 saturated carbocycles. The van der Waals surface area contributed by atoms with E-state index in [9.17, 15) is 4.79 Å². The van der Waals surface area contributed by atoms with Crippen LogP contribution in [0.3, 0.4) is 0 Å². The summed E-state index contributed by atoms with van der Waals surface area (Å²) >= 11 is 3.33. The lowest BCUT2D eigenvalue weighted by Crippen LogP contribution is -2.09. The Kier molecular flexibility index (Phi) is 4.71. The predicted molar refractivity (Wildman–Crippen MR) is 96.0 cm³/mol. The van der Waals surface area contributed by atoms with Gasteiger partial charge in [0.15, 0.2) is 0 Å². The van der Waals surface area contributed by atoms with Crippen LogP contribution in [0.4, 0.5) is 0 Å². The lowest BCUT2D eigenvalue weighted by Gasteiger charge is -2.07. The number of aromatic nitrogens is 2. The van der Waals surface area contributed by atoms with Gasteiger partial charge in [-0.1, -0.05) is 33.6 Å². The number of halogens is 1. The topological polar surface area (TPSA) is 52.1 Å². The van der Waals surface area contributed by atoms with Gasteiger partial charge in [0, 0.05) is 16.1 Å². The van der Waals surface area contributed by atoms with Crippen molar-refractivity contribution in [3.63, 3.8) is 0 Å². The van der Waals surface area contributed by atoms with Crippen LogP contribution in [0.1, 0.15) is 21.5 Å². The fourth-order valence-corrected chi connectivity index (χ4v) is 2.53. The normalized spacial score (nSPS) is 10.5. The van der Waals surface area contributed by atoms with E-state index in [0.717, 1.165) is 26.9 Å². The molecule has 0 unspecified atom stereocenters. The zero-order chi connectivity index (χ0) is 17.1. The van der Waals surface area contributed by atoms with Crippen molar-refractivity contribution in [2.24, 2.45) is 0 Å². The number of hydrogen-bond acceptors (Lipinski definition) is 4. The van der Waals surface area contributed by atoms with Crippen molar-refractivity contribution in [1.29, 1.82) is 0 Å². The third-order valence-electron chi connectivity index (χ3n) is 3.59. The number of nitrogens with zero attached hydrogens (tertiary/aromatic N) is 2. The molecule has 0 radical (unpaired) electrons. The Hall–Kier alpha value is -2.53. The second-order valence-electron chi connectivity index (χ2n) is 5.47. The van der Waals surface area contributed by atoms with Crippen molar-refractivity contribution in [2.75, 3.05) is 0 Å². The molecule has 24 heavy (non-hydrogen) atoms. The second kappa shape index (κ2) is 6.93. The first-order valence-corrected chi connectivity index (χ1v) is 8.21. The van der Waals surface area contributed by atoms with E-state index in [1.807, 2.05) is 19.9 Å². The molecule has 2 aromatic carbocycles. The molecule has 0 aliphatic carbocycles. The molecule has 0 saturated heterocycles. The molecule has 1 heterocycles. The Labute approximate surface area is 148 Å². The summed E-state index contributed by atoms with van der Waals surface area (Å²) in [5.74, 6) is -0.284. The molecule has 0 spiro atoms. The molecule has 0 fully saturated rings. The first-order chi connectivity index (χ1) is 11.5. The average molecular weight is 383 g/mol. The van der Waals surface area contributed by atoms with Gasteiger partial charge in [0.2, 0.25) is 5.88 Å². The van der Waals surface area contributed by atoms with Crippen LogP contribution in [0.5, 0.6) is 5.88 Å². The number of esters is 1. The number of carbonyl (C=O) groups is 1. The number of benzene rings is 2. The minimum Gasteiger partial charge on any atom is -0.402 e. The summed E-state index contributed by atoms with van der Waals surface area (Å²) in [5.41, 5.74) is 4.50. The van der Waals surface area contributed by atoms with Crippen molar-refractivity contribution in [1.82, 2.24) is 10.2 Å². The highest BCUT2D eigenvalue weighted by Crippen LogP contribution is 2.23. The van der Waals surface area contributed by atoms with Crippen LogP contribution in [-0.2, 0) is 0 Å². The Morgan fingerprint density at radius 1 is 0.958 bits per heavy atom. The minimum absolute atomic E-state index is 0.178. The van der Waals surface area contributed by atoms with Crippen molar-refractivity contribution >= 4 is 21.9 Å². The molecule has 0 atom stereocenters. The van der Waals surface area contributed by atoms with Crippen LogP contribution in [0.15, 0.2) is 59.1 Å². The van der Waals surface area contributed by atoms with Crippen molar-refractivity contribution in [3.05, 3.63) is 75.8 Å². The zero-order valence-electron chi connectivity index (χ0n) is 13.3. The molecule has 0 bridgehead atoms. The van der Waals surface area contributed by atoms with Gasteiger partial charge in [-0.2, -0.15) is 0 Å². The monoisotopic (exact) mass is 382 g/mol. The second-order valence-corrected chi connectivity index (χ2v) is 6.39. The van der Waals surface area contributed by atoms with E-state index in [1.165, 1.54) is 0 Å². The van der Waals surface area contributed by atoms with Gasteiger partial charge in [0.05, 0.1) is 11.3 Å². The van der Waals surface area contributed by atoms with Gasteiger partial charge in [0.25, 0.3) is 0 Å². The van der Waals surface area contributed by atoms with Gasteiger partial charge in [-0.05, 0) is 55.8 Å². The summed E-state index contributed by atoms with van der Waals surface area (Å²) in [4.78, 5) is 12.1. The predicted octanol–water partition coefficient (Wildman–Crippen LogP) is 4.74. The molecular formula is C19H15BrN2O2. The van der Waals surface area contributed by atoms with E-state index in [0.29, 0.717) is 5.56 Å². The first-order valence-electron chi connectivity index (χ1n) is 7.42. The summed E-state index contributed by atoms with van der Waals surface area (Å²) < 4.78 is 6.16. The van der Waals surface area contributed by atoms with E-state index in [1.54, 1.807) is 36.4 Å². The lowest BCUT2D eigenvalue weighted by atomic mass is 10.0. The molecular weight excluding hydrogens is 368 g/mol. The fourth-order valence-electron chi connectivity index (χ4n) is 2.27. The molecule has 0 aliphatic heterocycles. The van der Waals surface area contributed by atoms with Crippen LogP contribution in [0, 0.1) is 13.8 Å². The third kappa shape index (κ3) is 3.68. The Morgan fingerprint density at radius 2 is 1.71 bits per heavy atom. The van der Waals surface area contributed by atoms with E-state index >= 15 is 0 Å². The van der Waals surface area contributed by atoms with Crippen molar-refractivity contribution in [3.8, 4) is 17.1 Å². The largest absolute Gasteiger partial charge is 0.402 e. The molecule has 3 aromatic rings. The van der Waals surface area contributed by atoms with Crippen molar-refractivity contribution in [2.45, 2.75) is 13.8 Å². The van der Waals surface area contributed by atoms with Gasteiger partial charge < -0.3 is 4.74 Å². The van der Waals surface area contributed by atoms with Gasteiger partial charge in [-0.25, -0.2) is 4.79 Å². The standard InChI is InChI=1S/C19H15BrN2O2/c1-12-3-4-13(2)16(11-12)17-9-10-18(22-21-17)24-19(23)14-5-7-15(20)8-6-14/h3-11H,1-2H3. The van der Waals surface area contributed by atoms with Crippen molar-refractivity contribution < 1.29 is 9.53 Å². The number of hydrogen-bond donors (Lipinski definition) is 0. The van der Waals surface area contributed by atoms with Gasteiger partial charge in [-0.3, -0.25) is 0 Å². The molecule has 120 valence electrons. The fraction of sp³-hybridized carbons (Fsp3) is 0.105. The van der Waals surface area contributed by atoms with E-state index < -0.39 is 5.97 Å². The average Bonchev–Trinajstić information content (AvgIpc) is 2.58. The van der Waals surface area contributed by atoms with Gasteiger partial charge >= 0.3 is 5.97 Å². The van der Waals surface area contributed by atoms with Crippen LogP contribution in [0.2, 0.25) is 0 Å². The van der Waals surface area contributed by atoms with E-state index in [2.05, 4.69) is 38.3 Å². The SMILES string of the molecule is Cc1ccc(C)c(-c2ccc(OC(=O)c3ccc(Br)cc3)nn2)c1. The molecule has 5 heteroatoms. The van der Waals surface area contributed by atoms with Crippen LogP contribution in [-0.4, -0.2) is 16.2 Å². The van der Waals surface area contributed by atoms with Gasteiger partial charge in [0.1, 0.15) is 0 Å². The summed E-state index contributed by atoms with van der Waals surface area (Å²) in [6.45, 7) is 4.06. The Balaban J connectivity index is 1.78. The molecule has 0 N–H and O–H groups in total. The number of rotatable bonds is 3. The quantitative estimate of drug-likeness (QED) is 0.613.